The van der Waals surface area contributed by atoms with Crippen LogP contribution in [0.25, 0.3) is 0 Å². The zero-order valence-corrected chi connectivity index (χ0v) is 13.9. The van der Waals surface area contributed by atoms with Gasteiger partial charge >= 0.3 is 6.18 Å². The van der Waals surface area contributed by atoms with Crippen LogP contribution in [0, 0.1) is 5.92 Å². The van der Waals surface area contributed by atoms with Crippen LogP contribution in [0.1, 0.15) is 25.3 Å². The van der Waals surface area contributed by atoms with E-state index >= 15 is 0 Å². The zero-order valence-electron chi connectivity index (χ0n) is 13.9. The molecule has 2 amide bonds. The summed E-state index contributed by atoms with van der Waals surface area (Å²) in [5.41, 5.74) is 0.646. The van der Waals surface area contributed by atoms with Crippen LogP contribution in [0.2, 0.25) is 0 Å². The summed E-state index contributed by atoms with van der Waals surface area (Å²) in [7, 11) is 0. The molecule has 0 radical (unpaired) electrons. The van der Waals surface area contributed by atoms with E-state index in [0.29, 0.717) is 25.1 Å². The number of likely N-dealkylation sites (tertiary alicyclic amines) is 1. The van der Waals surface area contributed by atoms with Crippen LogP contribution in [-0.2, 0) is 16.1 Å². The minimum atomic E-state index is -4.40. The highest BCUT2D eigenvalue weighted by Gasteiger charge is 2.28. The summed E-state index contributed by atoms with van der Waals surface area (Å²) < 4.78 is 41.2. The highest BCUT2D eigenvalue weighted by Crippen LogP contribution is 2.20. The number of carbonyl (C=O) groups excluding carboxylic acids is 2. The molecule has 25 heavy (non-hydrogen) atoms. The number of nitrogens with one attached hydrogen (secondary N) is 1. The van der Waals surface area contributed by atoms with E-state index in [1.54, 1.807) is 17.0 Å². The normalized spacial score (nSPS) is 17.9. The number of piperidine rings is 1. The molecule has 8 heteroatoms. The Balaban J connectivity index is 1.86. The average Bonchev–Trinajstić information content (AvgIpc) is 2.58. The molecule has 1 aromatic rings. The van der Waals surface area contributed by atoms with Gasteiger partial charge in [0.25, 0.3) is 0 Å². The SMILES string of the molecule is CC(=O)N1CCC[C@H](C(=O)NCc2cccc(OCC(F)(F)F)c2)C1. The Bertz CT molecular complexity index is 619. The lowest BCUT2D eigenvalue weighted by Crippen LogP contribution is -2.44. The van der Waals surface area contributed by atoms with Gasteiger partial charge in [-0.05, 0) is 30.5 Å². The molecule has 1 aromatic carbocycles. The van der Waals surface area contributed by atoms with E-state index in [0.717, 1.165) is 6.42 Å². The fourth-order valence-corrected chi connectivity index (χ4v) is 2.72. The number of carbonyl (C=O) groups is 2. The summed E-state index contributed by atoms with van der Waals surface area (Å²) in [6, 6.07) is 6.17. The van der Waals surface area contributed by atoms with Crippen LogP contribution in [0.5, 0.6) is 5.75 Å². The van der Waals surface area contributed by atoms with E-state index in [2.05, 4.69) is 5.32 Å². The zero-order chi connectivity index (χ0) is 18.4. The first kappa shape index (κ1) is 19.1. The molecule has 2 rings (SSSR count). The molecule has 0 bridgehead atoms. The lowest BCUT2D eigenvalue weighted by atomic mass is 9.97. The number of rotatable bonds is 5. The second kappa shape index (κ2) is 8.22. The molecule has 0 saturated carbocycles. The van der Waals surface area contributed by atoms with E-state index in [-0.39, 0.29) is 30.0 Å². The summed E-state index contributed by atoms with van der Waals surface area (Å²) in [6.07, 6.45) is -2.91. The van der Waals surface area contributed by atoms with Crippen molar-refractivity contribution in [3.8, 4) is 5.75 Å². The predicted molar refractivity (Wildman–Crippen MR) is 84.8 cm³/mol. The molecule has 1 aliphatic heterocycles. The molecule has 0 aromatic heterocycles. The maximum absolute atomic E-state index is 12.3. The number of halogens is 3. The minimum Gasteiger partial charge on any atom is -0.484 e. The maximum Gasteiger partial charge on any atom is 0.422 e. The number of amides is 2. The van der Waals surface area contributed by atoms with Gasteiger partial charge in [0.1, 0.15) is 5.75 Å². The van der Waals surface area contributed by atoms with Crippen molar-refractivity contribution in [2.75, 3.05) is 19.7 Å². The number of hydrogen-bond donors (Lipinski definition) is 1. The summed E-state index contributed by atoms with van der Waals surface area (Å²) in [5.74, 6) is -0.369. The standard InChI is InChI=1S/C17H21F3N2O3/c1-12(23)22-7-3-5-14(10-22)16(24)21-9-13-4-2-6-15(8-13)25-11-17(18,19)20/h2,4,6,8,14H,3,5,7,9-11H2,1H3,(H,21,24)/t14-/m0/s1. The summed E-state index contributed by atoms with van der Waals surface area (Å²) in [4.78, 5) is 25.3. The Morgan fingerprint density at radius 3 is 2.80 bits per heavy atom. The Morgan fingerprint density at radius 2 is 2.12 bits per heavy atom. The van der Waals surface area contributed by atoms with Gasteiger partial charge in [0.05, 0.1) is 5.92 Å². The molecule has 0 unspecified atom stereocenters. The van der Waals surface area contributed by atoms with Crippen LogP contribution in [0.4, 0.5) is 13.2 Å². The molecule has 0 aliphatic carbocycles. The van der Waals surface area contributed by atoms with Crippen molar-refractivity contribution >= 4 is 11.8 Å². The van der Waals surface area contributed by atoms with Gasteiger partial charge in [-0.15, -0.1) is 0 Å². The van der Waals surface area contributed by atoms with Crippen LogP contribution < -0.4 is 10.1 Å². The van der Waals surface area contributed by atoms with Gasteiger partial charge in [-0.3, -0.25) is 9.59 Å². The molecule has 0 spiro atoms. The highest BCUT2D eigenvalue weighted by atomic mass is 19.4. The molecule has 1 atom stereocenters. The number of hydrogen-bond acceptors (Lipinski definition) is 3. The molecule has 1 N–H and O–H groups in total. The third-order valence-corrected chi connectivity index (χ3v) is 4.01. The molecular weight excluding hydrogens is 337 g/mol. The fraction of sp³-hybridized carbons (Fsp3) is 0.529. The van der Waals surface area contributed by atoms with Gasteiger partial charge in [-0.1, -0.05) is 12.1 Å². The molecular formula is C17H21F3N2O3. The lowest BCUT2D eigenvalue weighted by Gasteiger charge is -2.31. The quantitative estimate of drug-likeness (QED) is 0.880. The molecule has 138 valence electrons. The van der Waals surface area contributed by atoms with Gasteiger partial charge in [-0.2, -0.15) is 13.2 Å². The van der Waals surface area contributed by atoms with E-state index in [1.807, 2.05) is 0 Å². The first-order valence-electron chi connectivity index (χ1n) is 8.06. The third-order valence-electron chi connectivity index (χ3n) is 4.01. The third kappa shape index (κ3) is 6.28. The second-order valence-corrected chi connectivity index (χ2v) is 6.07. The van der Waals surface area contributed by atoms with E-state index < -0.39 is 12.8 Å². The Hall–Kier alpha value is -2.25. The largest absolute Gasteiger partial charge is 0.484 e. The average molecular weight is 358 g/mol. The van der Waals surface area contributed by atoms with Gasteiger partial charge in [0.2, 0.25) is 11.8 Å². The van der Waals surface area contributed by atoms with Crippen molar-refractivity contribution in [2.24, 2.45) is 5.92 Å². The number of benzene rings is 1. The fourth-order valence-electron chi connectivity index (χ4n) is 2.72. The first-order valence-corrected chi connectivity index (χ1v) is 8.06. The number of alkyl halides is 3. The van der Waals surface area contributed by atoms with Crippen LogP contribution in [0.15, 0.2) is 24.3 Å². The Morgan fingerprint density at radius 1 is 1.36 bits per heavy atom. The summed E-state index contributed by atoms with van der Waals surface area (Å²) in [5, 5.41) is 2.77. The highest BCUT2D eigenvalue weighted by molar-refractivity contribution is 5.80. The van der Waals surface area contributed by atoms with E-state index in [9.17, 15) is 22.8 Å². The van der Waals surface area contributed by atoms with Gasteiger partial charge in [0, 0.05) is 26.6 Å². The summed E-state index contributed by atoms with van der Waals surface area (Å²) in [6.45, 7) is 1.38. The minimum absolute atomic E-state index is 0.0491. The molecule has 1 heterocycles. The van der Waals surface area contributed by atoms with Crippen LogP contribution in [0.3, 0.4) is 0 Å². The Labute approximate surface area is 144 Å². The van der Waals surface area contributed by atoms with Gasteiger partial charge in [0.15, 0.2) is 6.61 Å². The van der Waals surface area contributed by atoms with Crippen LogP contribution >= 0.6 is 0 Å². The van der Waals surface area contributed by atoms with Crippen molar-refractivity contribution in [2.45, 2.75) is 32.5 Å². The smallest absolute Gasteiger partial charge is 0.422 e. The van der Waals surface area contributed by atoms with Crippen molar-refractivity contribution in [1.29, 1.82) is 0 Å². The number of ether oxygens (including phenoxy) is 1. The topological polar surface area (TPSA) is 58.6 Å². The molecule has 5 nitrogen and oxygen atoms in total. The van der Waals surface area contributed by atoms with Crippen molar-refractivity contribution in [3.63, 3.8) is 0 Å². The van der Waals surface area contributed by atoms with Crippen molar-refractivity contribution in [3.05, 3.63) is 29.8 Å². The van der Waals surface area contributed by atoms with Crippen molar-refractivity contribution in [1.82, 2.24) is 10.2 Å². The van der Waals surface area contributed by atoms with Crippen molar-refractivity contribution < 1.29 is 27.5 Å². The lowest BCUT2D eigenvalue weighted by molar-refractivity contribution is -0.153. The number of nitrogens with zero attached hydrogens (tertiary/aromatic N) is 1. The molecule has 1 saturated heterocycles. The summed E-state index contributed by atoms with van der Waals surface area (Å²) >= 11 is 0. The Kier molecular flexibility index (Phi) is 6.27. The second-order valence-electron chi connectivity index (χ2n) is 6.07. The first-order chi connectivity index (χ1) is 11.7. The molecule has 1 aliphatic rings. The van der Waals surface area contributed by atoms with E-state index in [4.69, 9.17) is 4.74 Å². The van der Waals surface area contributed by atoms with E-state index in [1.165, 1.54) is 19.1 Å². The predicted octanol–water partition coefficient (Wildman–Crippen LogP) is 2.50. The maximum atomic E-state index is 12.3. The van der Waals surface area contributed by atoms with Gasteiger partial charge < -0.3 is 15.0 Å². The van der Waals surface area contributed by atoms with Gasteiger partial charge in [-0.25, -0.2) is 0 Å². The monoisotopic (exact) mass is 358 g/mol. The van der Waals surface area contributed by atoms with Crippen LogP contribution in [-0.4, -0.2) is 42.6 Å². The molecule has 1 fully saturated rings.